The quantitative estimate of drug-likeness (QED) is 0.569. The van der Waals surface area contributed by atoms with Gasteiger partial charge in [0.1, 0.15) is 6.04 Å². The molecule has 1 unspecified atom stereocenters. The Kier molecular flexibility index (Phi) is 9.03. The molecular formula is C12H25NO4. The Bertz CT molecular complexity index is 207. The summed E-state index contributed by atoms with van der Waals surface area (Å²) in [5.74, 6) is -0.833. The lowest BCUT2D eigenvalue weighted by Crippen LogP contribution is -2.41. The van der Waals surface area contributed by atoms with Crippen molar-refractivity contribution in [2.24, 2.45) is 0 Å². The molecule has 0 amide bonds. The standard InChI is InChI=1S/C12H25NO4/c1-9(2)13-11(12(14)15)5-6-16-7-8-17-10(3)4/h9-11,13H,5-8H2,1-4H3,(H,14,15). The first-order valence-electron chi connectivity index (χ1n) is 6.11. The summed E-state index contributed by atoms with van der Waals surface area (Å²) in [4.78, 5) is 10.9. The third-order valence-corrected chi connectivity index (χ3v) is 2.06. The molecule has 0 aromatic heterocycles. The van der Waals surface area contributed by atoms with E-state index in [4.69, 9.17) is 14.6 Å². The van der Waals surface area contributed by atoms with Crippen molar-refractivity contribution in [3.05, 3.63) is 0 Å². The van der Waals surface area contributed by atoms with Crippen LogP contribution in [0.5, 0.6) is 0 Å². The summed E-state index contributed by atoms with van der Waals surface area (Å²) >= 11 is 0. The van der Waals surface area contributed by atoms with Crippen LogP contribution in [0.1, 0.15) is 34.1 Å². The van der Waals surface area contributed by atoms with E-state index in [0.29, 0.717) is 26.2 Å². The monoisotopic (exact) mass is 247 g/mol. The topological polar surface area (TPSA) is 67.8 Å². The van der Waals surface area contributed by atoms with E-state index < -0.39 is 12.0 Å². The minimum atomic E-state index is -0.833. The highest BCUT2D eigenvalue weighted by atomic mass is 16.5. The van der Waals surface area contributed by atoms with Gasteiger partial charge in [-0.25, -0.2) is 0 Å². The third-order valence-electron chi connectivity index (χ3n) is 2.06. The molecule has 5 heteroatoms. The number of carbonyl (C=O) groups is 1. The van der Waals surface area contributed by atoms with Crippen LogP contribution in [-0.4, -0.2) is 49.1 Å². The van der Waals surface area contributed by atoms with Crippen molar-refractivity contribution >= 4 is 5.97 Å². The van der Waals surface area contributed by atoms with E-state index in [1.807, 2.05) is 27.7 Å². The van der Waals surface area contributed by atoms with Crippen LogP contribution < -0.4 is 5.32 Å². The van der Waals surface area contributed by atoms with Gasteiger partial charge in [-0.2, -0.15) is 0 Å². The number of hydrogen-bond acceptors (Lipinski definition) is 4. The van der Waals surface area contributed by atoms with Crippen LogP contribution in [0.3, 0.4) is 0 Å². The minimum absolute atomic E-state index is 0.153. The van der Waals surface area contributed by atoms with Gasteiger partial charge in [0.2, 0.25) is 0 Å². The molecule has 0 fully saturated rings. The maximum atomic E-state index is 10.9. The first-order chi connectivity index (χ1) is 7.93. The second-order valence-electron chi connectivity index (χ2n) is 4.53. The molecule has 0 heterocycles. The van der Waals surface area contributed by atoms with Crippen molar-refractivity contribution in [2.45, 2.75) is 52.3 Å². The Morgan fingerprint density at radius 2 is 1.82 bits per heavy atom. The maximum absolute atomic E-state index is 10.9. The molecule has 0 saturated carbocycles. The predicted octanol–water partition coefficient (Wildman–Crippen LogP) is 1.27. The summed E-state index contributed by atoms with van der Waals surface area (Å²) in [5.41, 5.74) is 0. The zero-order chi connectivity index (χ0) is 13.3. The van der Waals surface area contributed by atoms with E-state index in [0.717, 1.165) is 0 Å². The molecule has 0 aliphatic carbocycles. The molecule has 5 nitrogen and oxygen atoms in total. The lowest BCUT2D eigenvalue weighted by Gasteiger charge is -2.17. The number of carboxylic acids is 1. The summed E-state index contributed by atoms with van der Waals surface area (Å²) in [6, 6.07) is -0.388. The minimum Gasteiger partial charge on any atom is -0.480 e. The molecule has 0 bridgehead atoms. The van der Waals surface area contributed by atoms with Crippen LogP contribution >= 0.6 is 0 Å². The molecule has 0 rings (SSSR count). The van der Waals surface area contributed by atoms with E-state index in [2.05, 4.69) is 5.32 Å². The van der Waals surface area contributed by atoms with Crippen molar-refractivity contribution in [1.29, 1.82) is 0 Å². The molecule has 0 aliphatic rings. The van der Waals surface area contributed by atoms with Crippen LogP contribution in [0.2, 0.25) is 0 Å². The molecule has 2 N–H and O–H groups in total. The van der Waals surface area contributed by atoms with E-state index in [-0.39, 0.29) is 12.1 Å². The average Bonchev–Trinajstić information content (AvgIpc) is 2.20. The van der Waals surface area contributed by atoms with Crippen molar-refractivity contribution in [1.82, 2.24) is 5.32 Å². The van der Waals surface area contributed by atoms with Crippen LogP contribution in [0.4, 0.5) is 0 Å². The molecule has 0 aliphatic heterocycles. The Hall–Kier alpha value is -0.650. The first-order valence-corrected chi connectivity index (χ1v) is 6.11. The normalized spacial score (nSPS) is 13.3. The van der Waals surface area contributed by atoms with Crippen molar-refractivity contribution < 1.29 is 19.4 Å². The zero-order valence-electron chi connectivity index (χ0n) is 11.2. The summed E-state index contributed by atoms with van der Waals surface area (Å²) in [6.45, 7) is 9.26. The summed E-state index contributed by atoms with van der Waals surface area (Å²) in [7, 11) is 0. The number of hydrogen-bond donors (Lipinski definition) is 2. The Labute approximate surface area is 103 Å². The van der Waals surface area contributed by atoms with Crippen LogP contribution in [-0.2, 0) is 14.3 Å². The highest BCUT2D eigenvalue weighted by molar-refractivity contribution is 5.73. The van der Waals surface area contributed by atoms with E-state index in [1.165, 1.54) is 0 Å². The number of carboxylic acid groups (broad SMARTS) is 1. The molecule has 0 aromatic rings. The van der Waals surface area contributed by atoms with Crippen LogP contribution in [0.25, 0.3) is 0 Å². The molecule has 1 atom stereocenters. The van der Waals surface area contributed by atoms with Gasteiger partial charge in [-0.05, 0) is 20.3 Å². The SMILES string of the molecule is CC(C)NC(CCOCCOC(C)C)C(=O)O. The first kappa shape index (κ1) is 16.4. The van der Waals surface area contributed by atoms with Crippen LogP contribution in [0.15, 0.2) is 0 Å². The van der Waals surface area contributed by atoms with E-state index in [9.17, 15) is 4.79 Å². The van der Waals surface area contributed by atoms with Gasteiger partial charge in [-0.3, -0.25) is 4.79 Å². The molecule has 0 aromatic carbocycles. The van der Waals surface area contributed by atoms with Crippen molar-refractivity contribution in [2.75, 3.05) is 19.8 Å². The van der Waals surface area contributed by atoms with E-state index in [1.54, 1.807) is 0 Å². The Morgan fingerprint density at radius 1 is 1.18 bits per heavy atom. The van der Waals surface area contributed by atoms with Gasteiger partial charge < -0.3 is 19.9 Å². The average molecular weight is 247 g/mol. The molecule has 0 radical (unpaired) electrons. The maximum Gasteiger partial charge on any atom is 0.320 e. The Balaban J connectivity index is 3.58. The zero-order valence-corrected chi connectivity index (χ0v) is 11.2. The summed E-state index contributed by atoms with van der Waals surface area (Å²) in [5, 5.41) is 11.9. The summed E-state index contributed by atoms with van der Waals surface area (Å²) < 4.78 is 10.6. The fraction of sp³-hybridized carbons (Fsp3) is 0.917. The molecule has 0 saturated heterocycles. The van der Waals surface area contributed by atoms with Crippen molar-refractivity contribution in [3.63, 3.8) is 0 Å². The lowest BCUT2D eigenvalue weighted by molar-refractivity contribution is -0.140. The third kappa shape index (κ3) is 10.2. The number of aliphatic carboxylic acids is 1. The van der Waals surface area contributed by atoms with Gasteiger partial charge in [0.15, 0.2) is 0 Å². The number of ether oxygens (including phenoxy) is 2. The van der Waals surface area contributed by atoms with Gasteiger partial charge in [-0.1, -0.05) is 13.8 Å². The highest BCUT2D eigenvalue weighted by Gasteiger charge is 2.17. The van der Waals surface area contributed by atoms with Gasteiger partial charge in [0.25, 0.3) is 0 Å². The largest absolute Gasteiger partial charge is 0.480 e. The summed E-state index contributed by atoms with van der Waals surface area (Å²) in [6.07, 6.45) is 0.669. The lowest BCUT2D eigenvalue weighted by atomic mass is 10.2. The second-order valence-corrected chi connectivity index (χ2v) is 4.53. The van der Waals surface area contributed by atoms with Gasteiger partial charge in [0.05, 0.1) is 19.3 Å². The van der Waals surface area contributed by atoms with E-state index >= 15 is 0 Å². The Morgan fingerprint density at radius 3 is 2.29 bits per heavy atom. The molecule has 0 spiro atoms. The van der Waals surface area contributed by atoms with Gasteiger partial charge in [-0.15, -0.1) is 0 Å². The van der Waals surface area contributed by atoms with Gasteiger partial charge in [0, 0.05) is 12.6 Å². The number of nitrogens with one attached hydrogen (secondary N) is 1. The molecule has 102 valence electrons. The molecular weight excluding hydrogens is 222 g/mol. The van der Waals surface area contributed by atoms with Crippen LogP contribution in [0, 0.1) is 0 Å². The highest BCUT2D eigenvalue weighted by Crippen LogP contribution is 1.96. The van der Waals surface area contributed by atoms with Gasteiger partial charge >= 0.3 is 5.97 Å². The number of rotatable bonds is 10. The smallest absolute Gasteiger partial charge is 0.320 e. The second kappa shape index (κ2) is 9.39. The predicted molar refractivity (Wildman–Crippen MR) is 66.2 cm³/mol. The van der Waals surface area contributed by atoms with Crippen molar-refractivity contribution in [3.8, 4) is 0 Å². The fourth-order valence-corrected chi connectivity index (χ4v) is 1.33. The fourth-order valence-electron chi connectivity index (χ4n) is 1.33. The molecule has 17 heavy (non-hydrogen) atoms.